The van der Waals surface area contributed by atoms with Crippen LogP contribution in [0.4, 0.5) is 0 Å². The largest absolute Gasteiger partial charge is 0.396 e. The molecule has 1 heterocycles. The van der Waals surface area contributed by atoms with Gasteiger partial charge in [0.2, 0.25) is 0 Å². The molecule has 1 saturated heterocycles. The summed E-state index contributed by atoms with van der Waals surface area (Å²) < 4.78 is 11.2. The Morgan fingerprint density at radius 2 is 2.17 bits per heavy atom. The number of ether oxygens (including phenoxy) is 2. The first-order chi connectivity index (χ1) is 8.42. The van der Waals surface area contributed by atoms with E-state index in [2.05, 4.69) is 6.58 Å². The second-order valence-corrected chi connectivity index (χ2v) is 5.39. The molecule has 0 amide bonds. The maximum absolute atomic E-state index is 9.47. The van der Waals surface area contributed by atoms with Crippen LogP contribution in [0.1, 0.15) is 46.0 Å². The fraction of sp³-hybridized carbons (Fsp3) is 0.857. The van der Waals surface area contributed by atoms with Crippen LogP contribution in [0, 0.1) is 0 Å². The molecule has 0 bridgehead atoms. The van der Waals surface area contributed by atoms with E-state index in [9.17, 15) is 5.11 Å². The first-order valence-corrected chi connectivity index (χ1v) is 6.72. The summed E-state index contributed by atoms with van der Waals surface area (Å²) in [5.41, 5.74) is 1.11. The van der Waals surface area contributed by atoms with E-state index in [1.807, 2.05) is 0 Å². The van der Waals surface area contributed by atoms with Gasteiger partial charge in [-0.2, -0.15) is 0 Å². The molecule has 0 aliphatic carbocycles. The molecule has 4 heteroatoms. The number of aliphatic hydroxyl groups excluding tert-OH is 1. The van der Waals surface area contributed by atoms with Crippen LogP contribution >= 0.6 is 0 Å². The summed E-state index contributed by atoms with van der Waals surface area (Å²) in [7, 11) is 0. The van der Waals surface area contributed by atoms with E-state index in [1.54, 1.807) is 13.8 Å². The van der Waals surface area contributed by atoms with Crippen LogP contribution in [-0.4, -0.2) is 41.4 Å². The predicted molar refractivity (Wildman–Crippen MR) is 70.2 cm³/mol. The minimum atomic E-state index is -1.09. The van der Waals surface area contributed by atoms with Gasteiger partial charge in [0.05, 0.1) is 18.8 Å². The van der Waals surface area contributed by atoms with E-state index in [0.29, 0.717) is 6.61 Å². The van der Waals surface area contributed by atoms with Crippen LogP contribution in [0.3, 0.4) is 0 Å². The molecule has 4 nitrogen and oxygen atoms in total. The van der Waals surface area contributed by atoms with Gasteiger partial charge in [0.25, 0.3) is 0 Å². The summed E-state index contributed by atoms with van der Waals surface area (Å²) in [5, 5.41) is 18.3. The molecule has 0 aromatic rings. The molecule has 18 heavy (non-hydrogen) atoms. The first-order valence-electron chi connectivity index (χ1n) is 6.72. The lowest BCUT2D eigenvalue weighted by molar-refractivity contribution is -0.181. The maximum Gasteiger partial charge on any atom is 0.159 e. The zero-order valence-corrected chi connectivity index (χ0v) is 11.5. The molecule has 0 spiro atoms. The van der Waals surface area contributed by atoms with Gasteiger partial charge in [-0.15, -0.1) is 0 Å². The zero-order chi connectivity index (χ0) is 13.6. The number of rotatable bonds is 7. The molecule has 106 valence electrons. The molecule has 1 fully saturated rings. The van der Waals surface area contributed by atoms with Crippen LogP contribution < -0.4 is 0 Å². The lowest BCUT2D eigenvalue weighted by Crippen LogP contribution is -2.32. The highest BCUT2D eigenvalue weighted by Gasteiger charge is 2.25. The van der Waals surface area contributed by atoms with Gasteiger partial charge in [-0.25, -0.2) is 0 Å². The van der Waals surface area contributed by atoms with Crippen molar-refractivity contribution in [2.45, 2.75) is 63.9 Å². The van der Waals surface area contributed by atoms with E-state index in [-0.39, 0.29) is 18.8 Å². The molecule has 0 saturated carbocycles. The number of hydrogen-bond donors (Lipinski definition) is 2. The summed E-state index contributed by atoms with van der Waals surface area (Å²) in [5.74, 6) is -1.09. The lowest BCUT2D eigenvalue weighted by Gasteiger charge is -2.32. The van der Waals surface area contributed by atoms with Crippen LogP contribution in [0.15, 0.2) is 12.2 Å². The Morgan fingerprint density at radius 1 is 1.44 bits per heavy atom. The van der Waals surface area contributed by atoms with Gasteiger partial charge in [0.15, 0.2) is 5.79 Å². The Labute approximate surface area is 110 Å². The predicted octanol–water partition coefficient (Wildman–Crippen LogP) is 2.00. The van der Waals surface area contributed by atoms with Crippen molar-refractivity contribution in [3.05, 3.63) is 12.2 Å². The third-order valence-corrected chi connectivity index (χ3v) is 3.12. The van der Waals surface area contributed by atoms with Gasteiger partial charge in [-0.1, -0.05) is 6.58 Å². The summed E-state index contributed by atoms with van der Waals surface area (Å²) in [6, 6.07) is 0. The fourth-order valence-corrected chi connectivity index (χ4v) is 2.12. The van der Waals surface area contributed by atoms with Crippen molar-refractivity contribution < 1.29 is 19.7 Å². The van der Waals surface area contributed by atoms with Gasteiger partial charge >= 0.3 is 0 Å². The standard InChI is InChI=1S/C14H26O4/c1-11-6-7-12(5-4-9-15)18-13(11)8-10-17-14(2,3)16/h12-13,15-16H,1,4-10H2,2-3H3/t12?,13-/m1/s1. The lowest BCUT2D eigenvalue weighted by atomic mass is 9.95. The second kappa shape index (κ2) is 7.24. The molecule has 2 N–H and O–H groups in total. The average Bonchev–Trinajstić information content (AvgIpc) is 2.28. The van der Waals surface area contributed by atoms with Crippen molar-refractivity contribution in [3.63, 3.8) is 0 Å². The van der Waals surface area contributed by atoms with Crippen molar-refractivity contribution in [2.24, 2.45) is 0 Å². The summed E-state index contributed by atoms with van der Waals surface area (Å²) in [4.78, 5) is 0. The molecule has 1 rings (SSSR count). The Bertz CT molecular complexity index is 257. The van der Waals surface area contributed by atoms with Crippen molar-refractivity contribution >= 4 is 0 Å². The Morgan fingerprint density at radius 3 is 2.78 bits per heavy atom. The quantitative estimate of drug-likeness (QED) is 0.541. The summed E-state index contributed by atoms with van der Waals surface area (Å²) >= 11 is 0. The molecule has 1 aliphatic heterocycles. The maximum atomic E-state index is 9.47. The Kier molecular flexibility index (Phi) is 6.29. The molecular formula is C14H26O4. The Hall–Kier alpha value is -0.420. The molecule has 1 aliphatic rings. The number of hydrogen-bond acceptors (Lipinski definition) is 4. The molecule has 0 aromatic carbocycles. The summed E-state index contributed by atoms with van der Waals surface area (Å²) in [6.07, 6.45) is 4.60. The van der Waals surface area contributed by atoms with E-state index in [1.165, 1.54) is 0 Å². The van der Waals surface area contributed by atoms with Crippen molar-refractivity contribution in [3.8, 4) is 0 Å². The normalized spacial score (nSPS) is 25.4. The third-order valence-electron chi connectivity index (χ3n) is 3.12. The number of aliphatic hydroxyl groups is 2. The molecule has 0 radical (unpaired) electrons. The second-order valence-electron chi connectivity index (χ2n) is 5.39. The van der Waals surface area contributed by atoms with Crippen LogP contribution in [-0.2, 0) is 9.47 Å². The highest BCUT2D eigenvalue weighted by Crippen LogP contribution is 2.27. The van der Waals surface area contributed by atoms with Gasteiger partial charge in [-0.05, 0) is 45.1 Å². The topological polar surface area (TPSA) is 58.9 Å². The Balaban J connectivity index is 2.31. The molecule has 0 aromatic heterocycles. The zero-order valence-electron chi connectivity index (χ0n) is 11.5. The van der Waals surface area contributed by atoms with Gasteiger partial charge < -0.3 is 19.7 Å². The third kappa shape index (κ3) is 5.96. The van der Waals surface area contributed by atoms with Crippen LogP contribution in [0.25, 0.3) is 0 Å². The highest BCUT2D eigenvalue weighted by molar-refractivity contribution is 5.05. The van der Waals surface area contributed by atoms with Crippen molar-refractivity contribution in [1.29, 1.82) is 0 Å². The minimum Gasteiger partial charge on any atom is -0.396 e. The van der Waals surface area contributed by atoms with Gasteiger partial charge in [0, 0.05) is 13.0 Å². The van der Waals surface area contributed by atoms with Gasteiger partial charge in [-0.3, -0.25) is 0 Å². The van der Waals surface area contributed by atoms with E-state index in [0.717, 1.165) is 37.7 Å². The van der Waals surface area contributed by atoms with Crippen LogP contribution in [0.2, 0.25) is 0 Å². The first kappa shape index (κ1) is 15.6. The van der Waals surface area contributed by atoms with Crippen molar-refractivity contribution in [1.82, 2.24) is 0 Å². The minimum absolute atomic E-state index is 0.0183. The SMILES string of the molecule is C=C1CCC(CCCO)O[C@@H]1CCOC(C)(C)O. The smallest absolute Gasteiger partial charge is 0.159 e. The molecule has 2 atom stereocenters. The van der Waals surface area contributed by atoms with Gasteiger partial charge in [0.1, 0.15) is 0 Å². The molecule has 1 unspecified atom stereocenters. The van der Waals surface area contributed by atoms with E-state index in [4.69, 9.17) is 14.6 Å². The monoisotopic (exact) mass is 258 g/mol. The average molecular weight is 258 g/mol. The van der Waals surface area contributed by atoms with E-state index >= 15 is 0 Å². The van der Waals surface area contributed by atoms with E-state index < -0.39 is 5.79 Å². The molecular weight excluding hydrogens is 232 g/mol. The highest BCUT2D eigenvalue weighted by atomic mass is 16.6. The van der Waals surface area contributed by atoms with Crippen molar-refractivity contribution in [2.75, 3.05) is 13.2 Å². The fourth-order valence-electron chi connectivity index (χ4n) is 2.12. The van der Waals surface area contributed by atoms with Crippen LogP contribution in [0.5, 0.6) is 0 Å². The summed E-state index contributed by atoms with van der Waals surface area (Å²) in [6.45, 7) is 7.94.